The highest BCUT2D eigenvalue weighted by Crippen LogP contribution is 2.29. The first kappa shape index (κ1) is 31.7. The first-order valence-corrected chi connectivity index (χ1v) is 15.3. The largest absolute Gasteiger partial charge is 0.497 e. The minimum absolute atomic E-state index is 0.0869. The molecule has 0 fully saturated rings. The Morgan fingerprint density at radius 3 is 2.24 bits per heavy atom. The average Bonchev–Trinajstić information content (AvgIpc) is 2.96. The topological polar surface area (TPSA) is 96.0 Å². The van der Waals surface area contributed by atoms with Gasteiger partial charge in [-0.25, -0.2) is 8.42 Å². The Bertz CT molecular complexity index is 1450. The van der Waals surface area contributed by atoms with Crippen molar-refractivity contribution in [2.75, 3.05) is 24.5 Å². The summed E-state index contributed by atoms with van der Waals surface area (Å²) >= 11 is 0. The summed E-state index contributed by atoms with van der Waals surface area (Å²) in [7, 11) is -2.56. The SMILES string of the molecule is CCCNC(=O)[C@H](CC)N(Cc1cccc(OC)c1)C(=O)CN(c1cc(C)ccc1C)S(=O)(=O)c1ccc(C)cc1. The fourth-order valence-electron chi connectivity index (χ4n) is 4.59. The summed E-state index contributed by atoms with van der Waals surface area (Å²) < 4.78 is 34.7. The van der Waals surface area contributed by atoms with Gasteiger partial charge in [-0.1, -0.05) is 55.8 Å². The molecule has 0 aliphatic heterocycles. The van der Waals surface area contributed by atoms with Crippen LogP contribution in [0.15, 0.2) is 71.6 Å². The Balaban J connectivity index is 2.10. The highest BCUT2D eigenvalue weighted by Gasteiger charge is 2.34. The van der Waals surface area contributed by atoms with E-state index in [0.29, 0.717) is 30.0 Å². The van der Waals surface area contributed by atoms with Crippen LogP contribution in [-0.4, -0.2) is 51.4 Å². The number of rotatable bonds is 13. The number of hydrogen-bond acceptors (Lipinski definition) is 5. The zero-order valence-corrected chi connectivity index (χ0v) is 25.6. The molecule has 0 aliphatic carbocycles. The van der Waals surface area contributed by atoms with Crippen LogP contribution in [-0.2, 0) is 26.2 Å². The van der Waals surface area contributed by atoms with E-state index in [1.54, 1.807) is 43.5 Å². The van der Waals surface area contributed by atoms with Crippen molar-refractivity contribution in [1.29, 1.82) is 0 Å². The van der Waals surface area contributed by atoms with Gasteiger partial charge in [-0.2, -0.15) is 0 Å². The lowest BCUT2D eigenvalue weighted by Gasteiger charge is -2.33. The molecule has 9 heteroatoms. The fraction of sp³-hybridized carbons (Fsp3) is 0.375. The average molecular weight is 580 g/mol. The Hall–Kier alpha value is -3.85. The molecule has 0 unspecified atom stereocenters. The summed E-state index contributed by atoms with van der Waals surface area (Å²) in [4.78, 5) is 29.0. The molecular weight excluding hydrogens is 538 g/mol. The van der Waals surface area contributed by atoms with Crippen LogP contribution in [0.25, 0.3) is 0 Å². The highest BCUT2D eigenvalue weighted by atomic mass is 32.2. The van der Waals surface area contributed by atoms with E-state index < -0.39 is 28.5 Å². The van der Waals surface area contributed by atoms with Crippen molar-refractivity contribution in [1.82, 2.24) is 10.2 Å². The van der Waals surface area contributed by atoms with Crippen molar-refractivity contribution in [3.8, 4) is 5.75 Å². The van der Waals surface area contributed by atoms with Gasteiger partial charge < -0.3 is 15.0 Å². The van der Waals surface area contributed by atoms with Gasteiger partial charge >= 0.3 is 0 Å². The predicted molar refractivity (Wildman–Crippen MR) is 163 cm³/mol. The van der Waals surface area contributed by atoms with Gasteiger partial charge in [0.05, 0.1) is 17.7 Å². The summed E-state index contributed by atoms with van der Waals surface area (Å²) in [5.74, 6) is -0.134. The van der Waals surface area contributed by atoms with Gasteiger partial charge in [-0.15, -0.1) is 0 Å². The molecule has 0 aliphatic rings. The number of methoxy groups -OCH3 is 1. The van der Waals surface area contributed by atoms with Gasteiger partial charge in [-0.05, 0) is 80.6 Å². The molecule has 0 aromatic heterocycles. The first-order valence-electron chi connectivity index (χ1n) is 13.9. The standard InChI is InChI=1S/C32H41N3O5S/c1-7-18-33-32(37)29(8-2)34(21-26-10-9-11-27(20-26)40-6)31(36)22-35(30-19-24(4)12-15-25(30)5)41(38,39)28-16-13-23(3)14-17-28/h9-17,19-20,29H,7-8,18,21-22H2,1-6H3,(H,33,37)/t29-/m0/s1. The molecule has 0 spiro atoms. The molecule has 8 nitrogen and oxygen atoms in total. The number of aryl methyl sites for hydroxylation is 3. The van der Waals surface area contributed by atoms with Crippen molar-refractivity contribution in [2.45, 2.75) is 64.9 Å². The Morgan fingerprint density at radius 1 is 0.927 bits per heavy atom. The summed E-state index contributed by atoms with van der Waals surface area (Å²) in [5.41, 5.74) is 3.68. The van der Waals surface area contributed by atoms with Gasteiger partial charge in [0.15, 0.2) is 0 Å². The number of ether oxygens (including phenoxy) is 1. The zero-order chi connectivity index (χ0) is 30.2. The van der Waals surface area contributed by atoms with Gasteiger partial charge in [0, 0.05) is 13.1 Å². The summed E-state index contributed by atoms with van der Waals surface area (Å²) in [6.07, 6.45) is 1.11. The van der Waals surface area contributed by atoms with Crippen LogP contribution >= 0.6 is 0 Å². The number of carbonyl (C=O) groups excluding carboxylic acids is 2. The Kier molecular flexibility index (Phi) is 10.9. The molecule has 41 heavy (non-hydrogen) atoms. The molecule has 0 saturated heterocycles. The number of sulfonamides is 1. The molecule has 0 heterocycles. The van der Waals surface area contributed by atoms with Crippen molar-refractivity contribution in [3.63, 3.8) is 0 Å². The van der Waals surface area contributed by atoms with Gasteiger partial charge in [0.2, 0.25) is 11.8 Å². The van der Waals surface area contributed by atoms with Crippen LogP contribution in [0.1, 0.15) is 48.9 Å². The maximum atomic E-state index is 14.2. The third kappa shape index (κ3) is 7.88. The van der Waals surface area contributed by atoms with Crippen molar-refractivity contribution in [2.24, 2.45) is 0 Å². The fourth-order valence-corrected chi connectivity index (χ4v) is 6.06. The van der Waals surface area contributed by atoms with Gasteiger partial charge in [-0.3, -0.25) is 13.9 Å². The van der Waals surface area contributed by atoms with E-state index in [1.807, 2.05) is 65.0 Å². The molecule has 3 aromatic rings. The maximum Gasteiger partial charge on any atom is 0.264 e. The molecule has 2 amide bonds. The van der Waals surface area contributed by atoms with Crippen molar-refractivity contribution >= 4 is 27.5 Å². The van der Waals surface area contributed by atoms with Gasteiger partial charge in [0.1, 0.15) is 18.3 Å². The monoisotopic (exact) mass is 579 g/mol. The number of hydrogen-bond donors (Lipinski definition) is 1. The number of anilines is 1. The summed E-state index contributed by atoms with van der Waals surface area (Å²) in [6, 6.07) is 18.6. The number of nitrogens with one attached hydrogen (secondary N) is 1. The predicted octanol–water partition coefficient (Wildman–Crippen LogP) is 5.15. The number of nitrogens with zero attached hydrogens (tertiary/aromatic N) is 2. The normalized spacial score (nSPS) is 12.0. The second-order valence-electron chi connectivity index (χ2n) is 10.2. The van der Waals surface area contributed by atoms with E-state index in [1.165, 1.54) is 4.90 Å². The molecule has 3 aromatic carbocycles. The van der Waals surface area contributed by atoms with E-state index >= 15 is 0 Å². The first-order chi connectivity index (χ1) is 19.5. The van der Waals surface area contributed by atoms with Crippen molar-refractivity contribution in [3.05, 3.63) is 89.0 Å². The molecule has 0 radical (unpaired) electrons. The molecule has 3 rings (SSSR count). The highest BCUT2D eigenvalue weighted by molar-refractivity contribution is 7.92. The van der Waals surface area contributed by atoms with Crippen LogP contribution in [0.3, 0.4) is 0 Å². The molecular formula is C32H41N3O5S. The van der Waals surface area contributed by atoms with E-state index in [-0.39, 0.29) is 17.3 Å². The Labute approximate surface area is 244 Å². The maximum absolute atomic E-state index is 14.2. The number of benzene rings is 3. The molecule has 1 N–H and O–H groups in total. The lowest BCUT2D eigenvalue weighted by atomic mass is 10.1. The lowest BCUT2D eigenvalue weighted by molar-refractivity contribution is -0.140. The van der Waals surface area contributed by atoms with Crippen LogP contribution in [0, 0.1) is 20.8 Å². The third-order valence-corrected chi connectivity index (χ3v) is 8.72. The molecule has 1 atom stereocenters. The number of carbonyl (C=O) groups is 2. The summed E-state index contributed by atoms with van der Waals surface area (Å²) in [6.45, 7) is 9.49. The third-order valence-electron chi connectivity index (χ3n) is 6.94. The second-order valence-corrected chi connectivity index (χ2v) is 12.1. The minimum atomic E-state index is -4.12. The van der Waals surface area contributed by atoms with Crippen LogP contribution in [0.2, 0.25) is 0 Å². The van der Waals surface area contributed by atoms with Crippen molar-refractivity contribution < 1.29 is 22.7 Å². The second kappa shape index (κ2) is 14.2. The van der Waals surface area contributed by atoms with Crippen LogP contribution < -0.4 is 14.4 Å². The molecule has 0 saturated carbocycles. The quantitative estimate of drug-likeness (QED) is 0.302. The van der Waals surface area contributed by atoms with E-state index in [9.17, 15) is 18.0 Å². The minimum Gasteiger partial charge on any atom is -0.497 e. The zero-order valence-electron chi connectivity index (χ0n) is 24.8. The van der Waals surface area contributed by atoms with E-state index in [2.05, 4.69) is 5.32 Å². The lowest BCUT2D eigenvalue weighted by Crippen LogP contribution is -2.52. The molecule has 220 valence electrons. The van der Waals surface area contributed by atoms with Gasteiger partial charge in [0.25, 0.3) is 10.0 Å². The van der Waals surface area contributed by atoms with Crippen LogP contribution in [0.4, 0.5) is 5.69 Å². The number of amides is 2. The summed E-state index contributed by atoms with van der Waals surface area (Å²) in [5, 5.41) is 2.90. The van der Waals surface area contributed by atoms with E-state index in [0.717, 1.165) is 27.4 Å². The molecule has 0 bridgehead atoms. The Morgan fingerprint density at radius 2 is 1.61 bits per heavy atom. The smallest absolute Gasteiger partial charge is 0.264 e. The van der Waals surface area contributed by atoms with Crippen LogP contribution in [0.5, 0.6) is 5.75 Å². The van der Waals surface area contributed by atoms with E-state index in [4.69, 9.17) is 4.74 Å².